The lowest BCUT2D eigenvalue weighted by Crippen LogP contribution is -2.38. The SMILES string of the molecule is CC1=C[C@@H](CNC(=O)COc2ccccc2)[C@H](C(C)C)C[C@H]1Cc1nc2ncccc2[nH]1. The summed E-state index contributed by atoms with van der Waals surface area (Å²) in [4.78, 5) is 24.8. The minimum Gasteiger partial charge on any atom is -0.484 e. The number of H-pyrrole nitrogens is 1. The number of carbonyl (C=O) groups excluding carboxylic acids is 1. The Kier molecular flexibility index (Phi) is 6.88. The predicted molar refractivity (Wildman–Crippen MR) is 126 cm³/mol. The number of benzene rings is 1. The van der Waals surface area contributed by atoms with Gasteiger partial charge in [0.15, 0.2) is 12.3 Å². The highest BCUT2D eigenvalue weighted by Gasteiger charge is 2.32. The van der Waals surface area contributed by atoms with Crippen molar-refractivity contribution in [2.75, 3.05) is 13.2 Å². The van der Waals surface area contributed by atoms with Crippen molar-refractivity contribution in [1.29, 1.82) is 0 Å². The van der Waals surface area contributed by atoms with Crippen molar-refractivity contribution >= 4 is 17.1 Å². The topological polar surface area (TPSA) is 79.9 Å². The van der Waals surface area contributed by atoms with Gasteiger partial charge in [0.05, 0.1) is 5.52 Å². The number of nitrogens with zero attached hydrogens (tertiary/aromatic N) is 2. The third-order valence-corrected chi connectivity index (χ3v) is 6.48. The van der Waals surface area contributed by atoms with Crippen molar-refractivity contribution in [3.63, 3.8) is 0 Å². The lowest BCUT2D eigenvalue weighted by molar-refractivity contribution is -0.123. The molecule has 1 aliphatic rings. The van der Waals surface area contributed by atoms with Gasteiger partial charge in [-0.3, -0.25) is 4.79 Å². The Morgan fingerprint density at radius 3 is 2.78 bits per heavy atom. The molecule has 168 valence electrons. The molecule has 6 nitrogen and oxygen atoms in total. The number of aromatic amines is 1. The number of allylic oxidation sites excluding steroid dienone is 1. The molecule has 2 N–H and O–H groups in total. The molecule has 0 saturated carbocycles. The molecule has 0 fully saturated rings. The normalized spacial score (nSPS) is 20.9. The second-order valence-electron chi connectivity index (χ2n) is 9.08. The number of hydrogen-bond acceptors (Lipinski definition) is 4. The van der Waals surface area contributed by atoms with Crippen molar-refractivity contribution in [2.45, 2.75) is 33.6 Å². The van der Waals surface area contributed by atoms with Crippen molar-refractivity contribution in [3.05, 3.63) is 66.1 Å². The number of hydrogen-bond donors (Lipinski definition) is 2. The third-order valence-electron chi connectivity index (χ3n) is 6.48. The molecule has 0 aliphatic heterocycles. The van der Waals surface area contributed by atoms with E-state index in [2.05, 4.69) is 47.1 Å². The largest absolute Gasteiger partial charge is 0.484 e. The maximum absolute atomic E-state index is 12.3. The van der Waals surface area contributed by atoms with E-state index in [1.54, 1.807) is 6.20 Å². The Bertz CT molecular complexity index is 1040. The molecule has 3 aromatic rings. The zero-order chi connectivity index (χ0) is 22.5. The van der Waals surface area contributed by atoms with Gasteiger partial charge in [-0.15, -0.1) is 0 Å². The molecule has 0 saturated heterocycles. The number of pyridine rings is 1. The van der Waals surface area contributed by atoms with Crippen molar-refractivity contribution in [1.82, 2.24) is 20.3 Å². The van der Waals surface area contributed by atoms with Crippen LogP contribution in [0.4, 0.5) is 0 Å². The zero-order valence-corrected chi connectivity index (χ0v) is 19.0. The summed E-state index contributed by atoms with van der Waals surface area (Å²) in [5.41, 5.74) is 3.13. The van der Waals surface area contributed by atoms with Gasteiger partial charge < -0.3 is 15.0 Å². The third kappa shape index (κ3) is 5.36. The van der Waals surface area contributed by atoms with Crippen LogP contribution in [-0.2, 0) is 11.2 Å². The van der Waals surface area contributed by atoms with E-state index in [9.17, 15) is 4.79 Å². The van der Waals surface area contributed by atoms with E-state index in [1.807, 2.05) is 42.5 Å². The fraction of sp³-hybridized carbons (Fsp3) is 0.423. The highest BCUT2D eigenvalue weighted by Crippen LogP contribution is 2.38. The van der Waals surface area contributed by atoms with Gasteiger partial charge in [-0.2, -0.15) is 0 Å². The van der Waals surface area contributed by atoms with Gasteiger partial charge in [0.25, 0.3) is 5.91 Å². The van der Waals surface area contributed by atoms with Crippen LogP contribution in [0.1, 0.15) is 33.0 Å². The highest BCUT2D eigenvalue weighted by molar-refractivity contribution is 5.77. The Labute approximate surface area is 189 Å². The molecule has 1 aromatic carbocycles. The maximum Gasteiger partial charge on any atom is 0.257 e. The van der Waals surface area contributed by atoms with Crippen LogP contribution in [0, 0.1) is 23.7 Å². The number of amides is 1. The summed E-state index contributed by atoms with van der Waals surface area (Å²) < 4.78 is 5.57. The Morgan fingerprint density at radius 1 is 1.22 bits per heavy atom. The van der Waals surface area contributed by atoms with E-state index in [0.717, 1.165) is 29.8 Å². The van der Waals surface area contributed by atoms with Crippen molar-refractivity contribution < 1.29 is 9.53 Å². The zero-order valence-electron chi connectivity index (χ0n) is 19.0. The van der Waals surface area contributed by atoms with Crippen molar-refractivity contribution in [3.8, 4) is 5.75 Å². The van der Waals surface area contributed by atoms with Crippen molar-refractivity contribution in [2.24, 2.45) is 23.7 Å². The quantitative estimate of drug-likeness (QED) is 0.512. The number of carbonyl (C=O) groups is 1. The molecule has 3 atom stereocenters. The van der Waals surface area contributed by atoms with Gasteiger partial charge in [0, 0.05) is 19.2 Å². The summed E-state index contributed by atoms with van der Waals surface area (Å²) in [6, 6.07) is 13.4. The highest BCUT2D eigenvalue weighted by atomic mass is 16.5. The van der Waals surface area contributed by atoms with E-state index in [0.29, 0.717) is 36.0 Å². The molecule has 2 aromatic heterocycles. The number of fused-ring (bicyclic) bond motifs is 1. The summed E-state index contributed by atoms with van der Waals surface area (Å²) in [6.45, 7) is 7.42. The summed E-state index contributed by atoms with van der Waals surface area (Å²) >= 11 is 0. The number of imidazole rings is 1. The van der Waals surface area contributed by atoms with Crippen LogP contribution in [0.25, 0.3) is 11.2 Å². The van der Waals surface area contributed by atoms with Gasteiger partial charge in [0.2, 0.25) is 0 Å². The number of para-hydroxylation sites is 1. The standard InChI is InChI=1S/C26H32N4O2/c1-17(2)22-13-19(14-24-29-23-10-7-11-27-26(23)30-24)18(3)12-20(22)15-28-25(31)16-32-21-8-5-4-6-9-21/h4-12,17,19-20,22H,13-16H2,1-3H3,(H,28,31)(H,27,29,30)/t19-,20-,22-/m0/s1. The van der Waals surface area contributed by atoms with Gasteiger partial charge >= 0.3 is 0 Å². The minimum atomic E-state index is -0.0840. The molecule has 0 radical (unpaired) electrons. The van der Waals surface area contributed by atoms with Crippen LogP contribution in [-0.4, -0.2) is 34.0 Å². The Balaban J connectivity index is 1.37. The van der Waals surface area contributed by atoms with E-state index in [-0.39, 0.29) is 12.5 Å². The maximum atomic E-state index is 12.3. The first kappa shape index (κ1) is 22.1. The smallest absolute Gasteiger partial charge is 0.257 e. The van der Waals surface area contributed by atoms with Crippen LogP contribution in [0.5, 0.6) is 5.75 Å². The molecular formula is C26H32N4O2. The monoisotopic (exact) mass is 432 g/mol. The summed E-state index contributed by atoms with van der Waals surface area (Å²) in [6.07, 6.45) is 6.10. The van der Waals surface area contributed by atoms with Crippen LogP contribution >= 0.6 is 0 Å². The molecular weight excluding hydrogens is 400 g/mol. The molecule has 0 bridgehead atoms. The Hall–Kier alpha value is -3.15. The predicted octanol–water partition coefficient (Wildman–Crippen LogP) is 4.55. The number of rotatable bonds is 8. The van der Waals surface area contributed by atoms with Crippen LogP contribution in [0.3, 0.4) is 0 Å². The number of nitrogens with one attached hydrogen (secondary N) is 2. The fourth-order valence-electron chi connectivity index (χ4n) is 4.68. The molecule has 1 amide bonds. The molecule has 2 heterocycles. The van der Waals surface area contributed by atoms with E-state index in [4.69, 9.17) is 4.74 Å². The summed E-state index contributed by atoms with van der Waals surface area (Å²) in [5.74, 6) is 3.41. The first-order valence-electron chi connectivity index (χ1n) is 11.4. The van der Waals surface area contributed by atoms with Gasteiger partial charge in [-0.25, -0.2) is 9.97 Å². The summed E-state index contributed by atoms with van der Waals surface area (Å²) in [5, 5.41) is 3.08. The first-order chi connectivity index (χ1) is 15.5. The molecule has 1 aliphatic carbocycles. The van der Waals surface area contributed by atoms with E-state index >= 15 is 0 Å². The average molecular weight is 433 g/mol. The van der Waals surface area contributed by atoms with Gasteiger partial charge in [-0.05, 0) is 61.3 Å². The van der Waals surface area contributed by atoms with Crippen LogP contribution in [0.2, 0.25) is 0 Å². The van der Waals surface area contributed by atoms with Crippen LogP contribution < -0.4 is 10.1 Å². The molecule has 0 spiro atoms. The molecule has 6 heteroatoms. The Morgan fingerprint density at radius 2 is 2.03 bits per heavy atom. The van der Waals surface area contributed by atoms with E-state index < -0.39 is 0 Å². The lowest BCUT2D eigenvalue weighted by Gasteiger charge is -2.37. The van der Waals surface area contributed by atoms with Crippen LogP contribution in [0.15, 0.2) is 60.3 Å². The second-order valence-corrected chi connectivity index (χ2v) is 9.08. The molecule has 4 rings (SSSR count). The lowest BCUT2D eigenvalue weighted by atomic mass is 9.70. The fourth-order valence-corrected chi connectivity index (χ4v) is 4.68. The molecule has 0 unspecified atom stereocenters. The summed E-state index contributed by atoms with van der Waals surface area (Å²) in [7, 11) is 0. The van der Waals surface area contributed by atoms with Gasteiger partial charge in [0.1, 0.15) is 11.6 Å². The number of aromatic nitrogens is 3. The molecule has 32 heavy (non-hydrogen) atoms. The number of ether oxygens (including phenoxy) is 1. The van der Waals surface area contributed by atoms with Gasteiger partial charge in [-0.1, -0.05) is 43.7 Å². The first-order valence-corrected chi connectivity index (χ1v) is 11.4. The average Bonchev–Trinajstić information content (AvgIpc) is 3.20. The van der Waals surface area contributed by atoms with E-state index in [1.165, 1.54) is 5.57 Å². The second kappa shape index (κ2) is 9.98. The minimum absolute atomic E-state index is 0.0362.